The first kappa shape index (κ1) is 14.8. The van der Waals surface area contributed by atoms with Crippen molar-refractivity contribution in [3.63, 3.8) is 0 Å². The predicted molar refractivity (Wildman–Crippen MR) is 74.7 cm³/mol. The molecule has 2 aliphatic rings. The molecule has 3 rings (SSSR count). The molecule has 0 amide bonds. The minimum absolute atomic E-state index is 0.0358. The Morgan fingerprint density at radius 2 is 2.10 bits per heavy atom. The van der Waals surface area contributed by atoms with Crippen LogP contribution in [0.2, 0.25) is 0 Å². The summed E-state index contributed by atoms with van der Waals surface area (Å²) in [5.41, 5.74) is 0.385. The molecule has 1 unspecified atom stereocenters. The van der Waals surface area contributed by atoms with Crippen molar-refractivity contribution in [2.75, 3.05) is 19.8 Å². The van der Waals surface area contributed by atoms with Gasteiger partial charge in [-0.1, -0.05) is 6.07 Å². The molecule has 1 aromatic carbocycles. The maximum Gasteiger partial charge on any atom is 0.165 e. The van der Waals surface area contributed by atoms with E-state index in [2.05, 4.69) is 0 Å². The van der Waals surface area contributed by atoms with Gasteiger partial charge in [-0.05, 0) is 30.5 Å². The fraction of sp³-hybridized carbons (Fsp3) is 0.625. The van der Waals surface area contributed by atoms with E-state index in [4.69, 9.17) is 19.3 Å². The molecule has 2 aliphatic heterocycles. The molecule has 1 spiro atoms. The van der Waals surface area contributed by atoms with Crippen LogP contribution in [0.4, 0.5) is 4.39 Å². The number of aliphatic hydroxyl groups excluding tert-OH is 1. The molecule has 0 saturated carbocycles. The SMILES string of the molecule is OCc1ccc(OC2CCOC3(CCOCC3)C2)c(F)c1. The van der Waals surface area contributed by atoms with Crippen molar-refractivity contribution in [3.05, 3.63) is 29.6 Å². The second kappa shape index (κ2) is 6.30. The van der Waals surface area contributed by atoms with E-state index in [-0.39, 0.29) is 24.1 Å². The Morgan fingerprint density at radius 1 is 1.29 bits per heavy atom. The first-order chi connectivity index (χ1) is 10.2. The van der Waals surface area contributed by atoms with Gasteiger partial charge < -0.3 is 19.3 Å². The molecule has 1 aromatic rings. The number of hydrogen-bond donors (Lipinski definition) is 1. The van der Waals surface area contributed by atoms with Gasteiger partial charge in [0.05, 0.1) is 18.8 Å². The molecule has 2 saturated heterocycles. The fourth-order valence-corrected chi connectivity index (χ4v) is 3.09. The van der Waals surface area contributed by atoms with Gasteiger partial charge in [0.2, 0.25) is 0 Å². The summed E-state index contributed by atoms with van der Waals surface area (Å²) < 4.78 is 31.1. The molecular formula is C16H21FO4. The lowest BCUT2D eigenvalue weighted by atomic mass is 9.85. The van der Waals surface area contributed by atoms with Gasteiger partial charge >= 0.3 is 0 Å². The third kappa shape index (κ3) is 3.36. The quantitative estimate of drug-likeness (QED) is 0.930. The summed E-state index contributed by atoms with van der Waals surface area (Å²) in [5, 5.41) is 9.00. The summed E-state index contributed by atoms with van der Waals surface area (Å²) in [6.07, 6.45) is 3.25. The van der Waals surface area contributed by atoms with Gasteiger partial charge in [0.1, 0.15) is 6.10 Å². The Balaban J connectivity index is 1.67. The van der Waals surface area contributed by atoms with Crippen LogP contribution in [0.15, 0.2) is 18.2 Å². The number of rotatable bonds is 3. The van der Waals surface area contributed by atoms with Gasteiger partial charge in [-0.25, -0.2) is 4.39 Å². The minimum atomic E-state index is -0.422. The van der Waals surface area contributed by atoms with Crippen LogP contribution in [-0.4, -0.2) is 36.6 Å². The van der Waals surface area contributed by atoms with Crippen molar-refractivity contribution in [1.29, 1.82) is 0 Å². The van der Waals surface area contributed by atoms with Gasteiger partial charge in [0, 0.05) is 26.1 Å². The number of hydrogen-bond acceptors (Lipinski definition) is 4. The predicted octanol–water partition coefficient (Wildman–Crippen LogP) is 2.43. The van der Waals surface area contributed by atoms with Crippen LogP contribution >= 0.6 is 0 Å². The second-order valence-corrected chi connectivity index (χ2v) is 5.80. The Morgan fingerprint density at radius 3 is 2.81 bits per heavy atom. The smallest absolute Gasteiger partial charge is 0.165 e. The third-order valence-electron chi connectivity index (χ3n) is 4.32. The molecule has 5 heteroatoms. The highest BCUT2D eigenvalue weighted by Crippen LogP contribution is 2.36. The van der Waals surface area contributed by atoms with Gasteiger partial charge in [0.25, 0.3) is 0 Å². The van der Waals surface area contributed by atoms with Crippen molar-refractivity contribution < 1.29 is 23.7 Å². The first-order valence-corrected chi connectivity index (χ1v) is 7.48. The van der Waals surface area contributed by atoms with Crippen LogP contribution in [0, 0.1) is 5.82 Å². The topological polar surface area (TPSA) is 47.9 Å². The van der Waals surface area contributed by atoms with Gasteiger partial charge in [-0.3, -0.25) is 0 Å². The maximum atomic E-state index is 13.9. The van der Waals surface area contributed by atoms with Crippen LogP contribution < -0.4 is 4.74 Å². The van der Waals surface area contributed by atoms with Crippen molar-refractivity contribution in [1.82, 2.24) is 0 Å². The summed E-state index contributed by atoms with van der Waals surface area (Å²) in [7, 11) is 0. The largest absolute Gasteiger partial charge is 0.487 e. The van der Waals surface area contributed by atoms with E-state index in [1.807, 2.05) is 0 Å². The molecular weight excluding hydrogens is 275 g/mol. The van der Waals surface area contributed by atoms with E-state index in [1.54, 1.807) is 12.1 Å². The zero-order valence-electron chi connectivity index (χ0n) is 12.0. The summed E-state index contributed by atoms with van der Waals surface area (Å²) in [6, 6.07) is 4.59. The van der Waals surface area contributed by atoms with E-state index < -0.39 is 5.82 Å². The number of ether oxygens (including phenoxy) is 3. The van der Waals surface area contributed by atoms with E-state index in [0.29, 0.717) is 25.4 Å². The average Bonchev–Trinajstić information content (AvgIpc) is 2.50. The number of benzene rings is 1. The Kier molecular flexibility index (Phi) is 4.42. The van der Waals surface area contributed by atoms with E-state index in [9.17, 15) is 4.39 Å². The summed E-state index contributed by atoms with van der Waals surface area (Å²) in [5.74, 6) is -0.171. The Hall–Kier alpha value is -1.17. The lowest BCUT2D eigenvalue weighted by Gasteiger charge is -2.43. The van der Waals surface area contributed by atoms with Crippen LogP contribution in [0.5, 0.6) is 5.75 Å². The zero-order chi connectivity index (χ0) is 14.7. The van der Waals surface area contributed by atoms with E-state index in [1.165, 1.54) is 6.07 Å². The second-order valence-electron chi connectivity index (χ2n) is 5.80. The first-order valence-electron chi connectivity index (χ1n) is 7.48. The normalized spacial score (nSPS) is 25.0. The van der Waals surface area contributed by atoms with Crippen LogP contribution in [-0.2, 0) is 16.1 Å². The number of halogens is 1. The van der Waals surface area contributed by atoms with Crippen molar-refractivity contribution in [3.8, 4) is 5.75 Å². The maximum absolute atomic E-state index is 13.9. The molecule has 0 radical (unpaired) electrons. The molecule has 0 aromatic heterocycles. The minimum Gasteiger partial charge on any atom is -0.487 e. The Labute approximate surface area is 123 Å². The molecule has 0 aliphatic carbocycles. The Bertz CT molecular complexity index is 480. The fourth-order valence-electron chi connectivity index (χ4n) is 3.09. The van der Waals surface area contributed by atoms with E-state index >= 15 is 0 Å². The highest BCUT2D eigenvalue weighted by atomic mass is 19.1. The third-order valence-corrected chi connectivity index (χ3v) is 4.32. The average molecular weight is 296 g/mol. The summed E-state index contributed by atoms with van der Waals surface area (Å²) >= 11 is 0. The van der Waals surface area contributed by atoms with Gasteiger partial charge in [-0.15, -0.1) is 0 Å². The number of aliphatic hydroxyl groups is 1. The van der Waals surface area contributed by atoms with Crippen LogP contribution in [0.3, 0.4) is 0 Å². The lowest BCUT2D eigenvalue weighted by Crippen LogP contribution is -2.47. The molecule has 0 bridgehead atoms. The van der Waals surface area contributed by atoms with Crippen molar-refractivity contribution in [2.45, 2.75) is 44.0 Å². The van der Waals surface area contributed by atoms with E-state index in [0.717, 1.165) is 25.7 Å². The molecule has 21 heavy (non-hydrogen) atoms. The molecule has 2 fully saturated rings. The van der Waals surface area contributed by atoms with Crippen LogP contribution in [0.1, 0.15) is 31.2 Å². The standard InChI is InChI=1S/C16H21FO4/c17-14-9-12(11-18)1-2-15(14)21-13-3-6-20-16(10-13)4-7-19-8-5-16/h1-2,9,13,18H,3-8,10-11H2. The molecule has 2 heterocycles. The molecule has 4 nitrogen and oxygen atoms in total. The molecule has 1 N–H and O–H groups in total. The highest BCUT2D eigenvalue weighted by molar-refractivity contribution is 5.29. The zero-order valence-corrected chi connectivity index (χ0v) is 12.0. The lowest BCUT2D eigenvalue weighted by molar-refractivity contribution is -0.155. The molecule has 1 atom stereocenters. The highest BCUT2D eigenvalue weighted by Gasteiger charge is 2.40. The summed E-state index contributed by atoms with van der Waals surface area (Å²) in [4.78, 5) is 0. The van der Waals surface area contributed by atoms with Crippen LogP contribution in [0.25, 0.3) is 0 Å². The van der Waals surface area contributed by atoms with Crippen molar-refractivity contribution in [2.24, 2.45) is 0 Å². The van der Waals surface area contributed by atoms with Gasteiger partial charge in [0.15, 0.2) is 11.6 Å². The summed E-state index contributed by atoms with van der Waals surface area (Å²) in [6.45, 7) is 1.90. The molecule has 116 valence electrons. The van der Waals surface area contributed by atoms with Crippen molar-refractivity contribution >= 4 is 0 Å². The monoisotopic (exact) mass is 296 g/mol. The van der Waals surface area contributed by atoms with Gasteiger partial charge in [-0.2, -0.15) is 0 Å².